The Morgan fingerprint density at radius 1 is 1.33 bits per heavy atom. The maximum Gasteiger partial charge on any atom is 0.108 e. The monoisotopic (exact) mass is 161 g/mol. The van der Waals surface area contributed by atoms with Crippen LogP contribution in [0.4, 0.5) is 5.69 Å². The molecule has 12 heavy (non-hydrogen) atoms. The van der Waals surface area contributed by atoms with Crippen molar-refractivity contribution in [1.82, 2.24) is 0 Å². The molecule has 0 aliphatic heterocycles. The predicted molar refractivity (Wildman–Crippen MR) is 51.7 cm³/mol. The largest absolute Gasteiger partial charge is 0.509 e. The summed E-state index contributed by atoms with van der Waals surface area (Å²) >= 11 is 0. The molecule has 0 aliphatic rings. The molecule has 0 atom stereocenters. The summed E-state index contributed by atoms with van der Waals surface area (Å²) in [5.41, 5.74) is 7.21. The number of aliphatic hydroxyl groups excluding tert-OH is 1. The molecule has 3 N–H and O–H groups in total. The highest BCUT2D eigenvalue weighted by Gasteiger charge is 1.86. The molecule has 2 nitrogen and oxygen atoms in total. The quantitative estimate of drug-likeness (QED) is 0.397. The molecule has 0 heterocycles. The van der Waals surface area contributed by atoms with E-state index < -0.39 is 0 Å². The van der Waals surface area contributed by atoms with E-state index in [-0.39, 0.29) is 5.76 Å². The topological polar surface area (TPSA) is 46.2 Å². The second kappa shape index (κ2) is 3.62. The number of nitrogen functional groups attached to an aromatic ring is 1. The van der Waals surface area contributed by atoms with Crippen molar-refractivity contribution >= 4 is 11.8 Å². The van der Waals surface area contributed by atoms with Gasteiger partial charge >= 0.3 is 0 Å². The molecule has 62 valence electrons. The molecule has 0 aliphatic carbocycles. The molecule has 0 bridgehead atoms. The fourth-order valence-corrected chi connectivity index (χ4v) is 0.800. The lowest BCUT2D eigenvalue weighted by Crippen LogP contribution is -1.82. The van der Waals surface area contributed by atoms with Crippen LogP contribution >= 0.6 is 0 Å². The molecule has 0 saturated carbocycles. The number of hydrogen-bond acceptors (Lipinski definition) is 2. The van der Waals surface area contributed by atoms with E-state index >= 15 is 0 Å². The number of allylic oxidation sites excluding steroid dienone is 1. The Morgan fingerprint density at radius 3 is 2.42 bits per heavy atom. The summed E-state index contributed by atoms with van der Waals surface area (Å²) < 4.78 is 0. The average Bonchev–Trinajstić information content (AvgIpc) is 2.03. The van der Waals surface area contributed by atoms with Crippen LogP contribution in [0.25, 0.3) is 6.08 Å². The summed E-state index contributed by atoms with van der Waals surface area (Å²) in [4.78, 5) is 0. The minimum atomic E-state index is 0.0480. The van der Waals surface area contributed by atoms with Gasteiger partial charge in [-0.25, -0.2) is 0 Å². The van der Waals surface area contributed by atoms with E-state index in [4.69, 9.17) is 10.8 Å². The Morgan fingerprint density at radius 2 is 1.92 bits per heavy atom. The Kier molecular flexibility index (Phi) is 2.53. The predicted octanol–water partition coefficient (Wildman–Crippen LogP) is 2.35. The summed E-state index contributed by atoms with van der Waals surface area (Å²) in [5.74, 6) is 0.0480. The van der Waals surface area contributed by atoms with E-state index in [1.165, 1.54) is 6.08 Å². The molecular weight excluding hydrogens is 150 g/mol. The van der Waals surface area contributed by atoms with Crippen molar-refractivity contribution in [1.29, 1.82) is 0 Å². The summed E-state index contributed by atoms with van der Waals surface area (Å²) in [7, 11) is 0. The van der Waals surface area contributed by atoms with Crippen molar-refractivity contribution in [2.24, 2.45) is 0 Å². The van der Waals surface area contributed by atoms with Crippen molar-refractivity contribution < 1.29 is 5.11 Å². The number of aliphatic hydroxyl groups is 1. The zero-order valence-corrected chi connectivity index (χ0v) is 6.70. The van der Waals surface area contributed by atoms with Gasteiger partial charge < -0.3 is 10.8 Å². The highest BCUT2D eigenvalue weighted by molar-refractivity contribution is 5.54. The van der Waals surface area contributed by atoms with Crippen molar-refractivity contribution in [3.8, 4) is 0 Å². The van der Waals surface area contributed by atoms with Crippen LogP contribution in [0.5, 0.6) is 0 Å². The molecule has 2 heteroatoms. The van der Waals surface area contributed by atoms with E-state index in [1.54, 1.807) is 18.2 Å². The van der Waals surface area contributed by atoms with Crippen molar-refractivity contribution in [3.63, 3.8) is 0 Å². The number of benzene rings is 1. The molecule has 1 aromatic rings. The van der Waals surface area contributed by atoms with Gasteiger partial charge in [0, 0.05) is 5.69 Å². The van der Waals surface area contributed by atoms with Crippen LogP contribution in [0.3, 0.4) is 0 Å². The van der Waals surface area contributed by atoms with Gasteiger partial charge in [0.25, 0.3) is 0 Å². The van der Waals surface area contributed by atoms with Gasteiger partial charge in [0.1, 0.15) is 5.76 Å². The van der Waals surface area contributed by atoms with Gasteiger partial charge in [-0.05, 0) is 23.8 Å². The molecule has 0 radical (unpaired) electrons. The molecule has 0 amide bonds. The fourth-order valence-electron chi connectivity index (χ4n) is 0.800. The van der Waals surface area contributed by atoms with E-state index in [2.05, 4.69) is 6.58 Å². The molecule has 0 saturated heterocycles. The molecule has 1 aromatic carbocycles. The van der Waals surface area contributed by atoms with Gasteiger partial charge in [0.05, 0.1) is 0 Å². The maximum atomic E-state index is 8.76. The molecule has 0 unspecified atom stereocenters. The maximum absolute atomic E-state index is 8.76. The first-order valence-corrected chi connectivity index (χ1v) is 3.60. The van der Waals surface area contributed by atoms with Crippen LogP contribution in [0, 0.1) is 0 Å². The van der Waals surface area contributed by atoms with Gasteiger partial charge in [-0.3, -0.25) is 0 Å². The Hall–Kier alpha value is -1.70. The SMILES string of the molecule is C=C(O)/C=C/c1ccc(N)cc1. The van der Waals surface area contributed by atoms with E-state index in [0.717, 1.165) is 11.3 Å². The average molecular weight is 161 g/mol. The van der Waals surface area contributed by atoms with Gasteiger partial charge in [0.15, 0.2) is 0 Å². The van der Waals surface area contributed by atoms with Crippen LogP contribution in [-0.4, -0.2) is 5.11 Å². The highest BCUT2D eigenvalue weighted by Crippen LogP contribution is 2.07. The third-order valence-corrected chi connectivity index (χ3v) is 1.40. The van der Waals surface area contributed by atoms with Crippen LogP contribution in [0.2, 0.25) is 0 Å². The Balaban J connectivity index is 2.77. The Labute approximate surface area is 71.6 Å². The highest BCUT2D eigenvalue weighted by atomic mass is 16.3. The normalized spacial score (nSPS) is 10.3. The number of nitrogens with two attached hydrogens (primary N) is 1. The smallest absolute Gasteiger partial charge is 0.108 e. The van der Waals surface area contributed by atoms with E-state index in [9.17, 15) is 0 Å². The first kappa shape index (κ1) is 8.40. The fraction of sp³-hybridized carbons (Fsp3) is 0. The first-order valence-electron chi connectivity index (χ1n) is 3.60. The number of anilines is 1. The van der Waals surface area contributed by atoms with Crippen molar-refractivity contribution in [2.45, 2.75) is 0 Å². The zero-order valence-electron chi connectivity index (χ0n) is 6.70. The minimum absolute atomic E-state index is 0.0480. The second-order valence-electron chi connectivity index (χ2n) is 2.49. The van der Waals surface area contributed by atoms with Gasteiger partial charge in [-0.1, -0.05) is 24.8 Å². The molecule has 0 aromatic heterocycles. The first-order chi connectivity index (χ1) is 5.68. The van der Waals surface area contributed by atoms with Crippen LogP contribution in [-0.2, 0) is 0 Å². The molecular formula is C10H11NO. The van der Waals surface area contributed by atoms with Crippen LogP contribution < -0.4 is 5.73 Å². The summed E-state index contributed by atoms with van der Waals surface area (Å²) in [6.45, 7) is 3.33. The minimum Gasteiger partial charge on any atom is -0.509 e. The van der Waals surface area contributed by atoms with E-state index in [1.807, 2.05) is 12.1 Å². The van der Waals surface area contributed by atoms with Crippen molar-refractivity contribution in [2.75, 3.05) is 5.73 Å². The Bertz CT molecular complexity index is 298. The lowest BCUT2D eigenvalue weighted by Gasteiger charge is -1.93. The van der Waals surface area contributed by atoms with Crippen molar-refractivity contribution in [3.05, 3.63) is 48.2 Å². The molecule has 0 spiro atoms. The lowest BCUT2D eigenvalue weighted by atomic mass is 10.2. The summed E-state index contributed by atoms with van der Waals surface area (Å²) in [5, 5.41) is 8.76. The molecule has 0 fully saturated rings. The van der Waals surface area contributed by atoms with Gasteiger partial charge in [-0.15, -0.1) is 0 Å². The lowest BCUT2D eigenvalue weighted by molar-refractivity contribution is 0.436. The second-order valence-corrected chi connectivity index (χ2v) is 2.49. The number of hydrogen-bond donors (Lipinski definition) is 2. The van der Waals surface area contributed by atoms with Gasteiger partial charge in [-0.2, -0.15) is 0 Å². The standard InChI is InChI=1S/C10H11NO/c1-8(12)2-3-9-4-6-10(11)7-5-9/h2-7,12H,1,11H2/b3-2+. The van der Waals surface area contributed by atoms with E-state index in [0.29, 0.717) is 0 Å². The summed E-state index contributed by atoms with van der Waals surface area (Å²) in [6.07, 6.45) is 3.30. The third-order valence-electron chi connectivity index (χ3n) is 1.40. The molecule has 1 rings (SSSR count). The summed E-state index contributed by atoms with van der Waals surface area (Å²) in [6, 6.07) is 7.35. The zero-order chi connectivity index (χ0) is 8.97. The third kappa shape index (κ3) is 2.50. The van der Waals surface area contributed by atoms with Gasteiger partial charge in [0.2, 0.25) is 0 Å². The van der Waals surface area contributed by atoms with Crippen LogP contribution in [0.1, 0.15) is 5.56 Å². The number of rotatable bonds is 2. The van der Waals surface area contributed by atoms with Crippen LogP contribution in [0.15, 0.2) is 42.7 Å².